The third-order valence-electron chi connectivity index (χ3n) is 23.2. The number of likely N-dealkylation sites (tertiary alicyclic amines) is 2. The van der Waals surface area contributed by atoms with Crippen molar-refractivity contribution in [1.82, 2.24) is 110 Å². The number of hydrogen-bond acceptors (Lipinski definition) is 31. The molecule has 3 saturated heterocycles. The molecule has 812 valence electrons. The Morgan fingerprint density at radius 1 is 0.435 bits per heavy atom. The van der Waals surface area contributed by atoms with E-state index in [9.17, 15) is 146 Å². The van der Waals surface area contributed by atoms with Crippen LogP contribution in [0.4, 0.5) is 0 Å². The van der Waals surface area contributed by atoms with E-state index in [-0.39, 0.29) is 101 Å². The zero-order valence-corrected chi connectivity index (χ0v) is 82.3. The highest BCUT2D eigenvalue weighted by Crippen LogP contribution is 2.25. The highest BCUT2D eigenvalue weighted by Gasteiger charge is 2.46. The molecule has 18 atom stereocenters. The summed E-state index contributed by atoms with van der Waals surface area (Å²) in [6.45, 7) is 6.94. The summed E-state index contributed by atoms with van der Waals surface area (Å²) in [6.07, 6.45) is -8.40. The molecule has 5 rings (SSSR count). The number of rotatable bonds is 64. The van der Waals surface area contributed by atoms with Crippen molar-refractivity contribution < 1.29 is 151 Å². The molecule has 0 bridgehead atoms. The van der Waals surface area contributed by atoms with Crippen LogP contribution in [0.15, 0.2) is 36.8 Å². The summed E-state index contributed by atoms with van der Waals surface area (Å²) in [6, 6.07) is -23.4. The third kappa shape index (κ3) is 42.4. The fourth-order valence-electron chi connectivity index (χ4n) is 15.9. The molecule has 58 nitrogen and oxygen atoms in total. The van der Waals surface area contributed by atoms with Gasteiger partial charge >= 0.3 is 23.9 Å². The number of aliphatic hydroxyl groups excluding tert-OH is 1. The molecule has 3 aliphatic rings. The number of imidazole rings is 1. The lowest BCUT2D eigenvalue weighted by molar-refractivity contribution is -0.144. The second kappa shape index (κ2) is 60.3. The van der Waals surface area contributed by atoms with E-state index in [1.807, 2.05) is 16.0 Å². The number of guanidine groups is 1. The number of primary amides is 4. The van der Waals surface area contributed by atoms with E-state index in [4.69, 9.17) is 34.1 Å². The minimum Gasteiger partial charge on any atom is -0.508 e. The van der Waals surface area contributed by atoms with E-state index in [1.165, 1.54) is 36.8 Å². The van der Waals surface area contributed by atoms with Crippen LogP contribution in [0, 0.1) is 17.2 Å². The van der Waals surface area contributed by atoms with Gasteiger partial charge in [0.05, 0.1) is 50.7 Å². The Hall–Kier alpha value is -15.5. The summed E-state index contributed by atoms with van der Waals surface area (Å²) < 4.78 is 0. The average Bonchev–Trinajstić information content (AvgIpc) is 1.70. The monoisotopic (exact) mass is 2100 g/mol. The number of carboxylic acid groups (broad SMARTS) is 4. The van der Waals surface area contributed by atoms with Crippen LogP contribution in [-0.4, -0.2) is 352 Å². The van der Waals surface area contributed by atoms with Crippen molar-refractivity contribution >= 4 is 167 Å². The quantitative estimate of drug-likeness (QED) is 0.0127. The molecule has 3 aliphatic heterocycles. The van der Waals surface area contributed by atoms with Crippen LogP contribution in [0.3, 0.4) is 0 Å². The topological polar surface area (TPSA) is 942 Å². The third-order valence-corrected chi connectivity index (χ3v) is 23.6. The first-order valence-electron chi connectivity index (χ1n) is 47.2. The minimum absolute atomic E-state index is 0.000186. The van der Waals surface area contributed by atoms with E-state index in [0.717, 1.165) is 16.7 Å². The number of aliphatic hydroxyl groups is 1. The van der Waals surface area contributed by atoms with E-state index >= 15 is 4.79 Å². The lowest BCUT2D eigenvalue weighted by atomic mass is 9.99. The van der Waals surface area contributed by atoms with Crippen LogP contribution in [0.2, 0.25) is 0 Å². The van der Waals surface area contributed by atoms with Crippen molar-refractivity contribution in [2.24, 2.45) is 40.5 Å². The molecule has 0 unspecified atom stereocenters. The molecule has 0 saturated carbocycles. The fraction of sp³-hybridized carbons (Fsp3) is 0.602. The van der Waals surface area contributed by atoms with Crippen LogP contribution >= 0.6 is 12.6 Å². The number of nitrogens with two attached hydrogens (primary N) is 5. The van der Waals surface area contributed by atoms with Gasteiger partial charge in [0, 0.05) is 69.4 Å². The Kier molecular flexibility index (Phi) is 50.1. The first-order valence-corrected chi connectivity index (χ1v) is 47.8. The number of carbonyl (C=O) groups is 25. The first kappa shape index (κ1) is 122. The maximum Gasteiger partial charge on any atom is 0.326 e. The van der Waals surface area contributed by atoms with Gasteiger partial charge in [0.25, 0.3) is 0 Å². The SMILES string of the molecule is CC(C)C[C@H](NC(=O)[C@H](CS)NC(=O)CNC(=O)[C@H](Cc1ccc(O)cc1)NC(=O)[C@H](Cc1cnc[nH]1)NC(=O)[C@H](CC(N)=O)NC(=O)[C@@H]1CCCN1)C(=O)N[C@@H](CC(C)C)C(=O)N1CCC[C@H]1C(=O)N[C@@H](CCCNC(=N)N)C(=O)N[C@@H](CC(N)=O)C(=O)N1CCC[C@H]1C(=O)N[C@@H](CCC(=O)O)C(=O)N[C@H](C(=O)N[C@@H](CCC(=O)O)C(=O)N[C@@H](CC(=O)O)C(=O)N[C@@H](CCC(N)=O)C(=O)N[C@@H](CC(N)=O)C(=O)O)[C@@H](C)O. The highest BCUT2D eigenvalue weighted by atomic mass is 32.1. The van der Waals surface area contributed by atoms with Gasteiger partial charge < -0.3 is 164 Å². The lowest BCUT2D eigenvalue weighted by Gasteiger charge is -2.32. The maximum atomic E-state index is 15.0. The van der Waals surface area contributed by atoms with Crippen molar-refractivity contribution in [3.05, 3.63) is 48.0 Å². The van der Waals surface area contributed by atoms with Crippen molar-refractivity contribution in [2.75, 3.05) is 38.5 Å². The summed E-state index contributed by atoms with van der Waals surface area (Å²) in [4.78, 5) is 347. The summed E-state index contributed by atoms with van der Waals surface area (Å²) >= 11 is 4.29. The first-order chi connectivity index (χ1) is 69.1. The molecule has 3 fully saturated rings. The van der Waals surface area contributed by atoms with Gasteiger partial charge in [0.1, 0.15) is 102 Å². The Morgan fingerprint density at radius 3 is 1.34 bits per heavy atom. The number of aliphatic carboxylic acids is 4. The van der Waals surface area contributed by atoms with Gasteiger partial charge in [0.15, 0.2) is 5.96 Å². The number of phenols is 1. The van der Waals surface area contributed by atoms with E-state index < -0.39 is 339 Å². The van der Waals surface area contributed by atoms with Gasteiger partial charge in [-0.1, -0.05) is 39.8 Å². The number of aromatic amines is 1. The number of carboxylic acids is 4. The molecule has 0 radical (unpaired) electrons. The largest absolute Gasteiger partial charge is 0.508 e. The van der Waals surface area contributed by atoms with Gasteiger partial charge in [0.2, 0.25) is 124 Å². The Balaban J connectivity index is 1.32. The molecular formula is C88H133N27O31S. The van der Waals surface area contributed by atoms with Gasteiger partial charge in [-0.15, -0.1) is 0 Å². The number of benzene rings is 1. The molecule has 4 heterocycles. The second-order valence-corrected chi connectivity index (χ2v) is 36.6. The Bertz CT molecular complexity index is 5060. The van der Waals surface area contributed by atoms with Crippen molar-refractivity contribution in [1.29, 1.82) is 5.41 Å². The molecule has 0 spiro atoms. The Morgan fingerprint density at radius 2 is 0.857 bits per heavy atom. The van der Waals surface area contributed by atoms with Crippen LogP contribution < -0.4 is 119 Å². The number of nitrogens with one attached hydrogen (secondary N) is 19. The predicted molar refractivity (Wildman–Crippen MR) is 512 cm³/mol. The normalized spacial score (nSPS) is 17.2. The highest BCUT2D eigenvalue weighted by molar-refractivity contribution is 7.80. The molecule has 0 aliphatic carbocycles. The van der Waals surface area contributed by atoms with E-state index in [2.05, 4.69) is 97.0 Å². The zero-order chi connectivity index (χ0) is 110. The molecule has 59 heteroatoms. The summed E-state index contributed by atoms with van der Waals surface area (Å²) in [5.41, 5.74) is 27.7. The summed E-state index contributed by atoms with van der Waals surface area (Å²) in [5, 5.41) is 108. The lowest BCUT2D eigenvalue weighted by Crippen LogP contribution is -2.62. The van der Waals surface area contributed by atoms with Crippen LogP contribution in [0.25, 0.3) is 0 Å². The van der Waals surface area contributed by atoms with Crippen LogP contribution in [-0.2, 0) is 133 Å². The zero-order valence-electron chi connectivity index (χ0n) is 81.4. The fourth-order valence-corrected chi connectivity index (χ4v) is 16.1. The standard InChI is InChI=1S/C88H133N27O31S/c1-40(2)28-51(105-81(139)59(38-147)100-66(122)37-98-71(129)52(30-43-14-16-45(117)17-15-43)106-78(136)53(31-44-36-95-39-99-44)107-79(137)54(32-63(90)119)108-72(130)46-10-6-24-96-46)77(135)110-56(29-41(3)4)85(143)114-26-8-12-60(114)82(140)102-47(11-7-25-97-88(93)94)73(131)111-57(33-64(91)120)86(144)115-27-9-13-61(115)83(141)103-50(20-23-68(125)126)76(134)113-70(42(5)116)84(142)104-49(19-22-67(123)124)74(132)109-55(35-69(127)128)80(138)101-48(18-21-62(89)118)75(133)112-58(87(145)146)34-65(92)121/h14-17,36,39-42,46-61,70,96,116-117,147H,6-13,18-35,37-38H2,1-5H3,(H2,89,118)(H2,90,119)(H2,91,120)(H2,92,121)(H,95,99)(H,98,129)(H,100,122)(H,101,138)(H,102,140)(H,103,141)(H,104,142)(H,105,139)(H,106,136)(H,107,137)(H,108,130)(H,109,132)(H,110,135)(H,111,131)(H,112,133)(H,113,134)(H,123,124)(H,125,126)(H,127,128)(H,145,146)(H4,93,94,97)/t42-,46+,47+,48+,49+,50+,51+,52+,53+,54+,55+,56+,57+,58+,59+,60+,61+,70+/m1/s1. The number of H-pyrrole nitrogens is 1. The van der Waals surface area contributed by atoms with Gasteiger partial charge in [-0.2, -0.15) is 12.6 Å². The van der Waals surface area contributed by atoms with Gasteiger partial charge in [-0.05, 0) is 126 Å². The summed E-state index contributed by atoms with van der Waals surface area (Å²) in [7, 11) is 0. The number of aromatic hydroxyl groups is 1. The van der Waals surface area contributed by atoms with Gasteiger partial charge in [-0.3, -0.25) is 120 Å². The maximum absolute atomic E-state index is 15.0. The molecular weight excluding hydrogens is 1960 g/mol. The van der Waals surface area contributed by atoms with Gasteiger partial charge in [-0.25, -0.2) is 9.78 Å². The molecule has 1 aromatic heterocycles. The van der Waals surface area contributed by atoms with E-state index in [1.54, 1.807) is 27.7 Å². The smallest absolute Gasteiger partial charge is 0.326 e. The van der Waals surface area contributed by atoms with Crippen molar-refractivity contribution in [3.63, 3.8) is 0 Å². The second-order valence-electron chi connectivity index (χ2n) is 36.2. The number of amides is 21. The Labute approximate surface area is 846 Å². The molecule has 147 heavy (non-hydrogen) atoms. The minimum atomic E-state index is -2.26. The van der Waals surface area contributed by atoms with Crippen molar-refractivity contribution in [2.45, 2.75) is 285 Å². The molecule has 1 aromatic carbocycles. The predicted octanol–water partition coefficient (Wildman–Crippen LogP) is -11.6. The molecule has 35 N–H and O–H groups in total. The number of thiol groups is 1. The van der Waals surface area contributed by atoms with E-state index in [0.29, 0.717) is 30.6 Å². The molecule has 2 aromatic rings. The number of phenolic OH excluding ortho intramolecular Hbond substituents is 1. The van der Waals surface area contributed by atoms with Crippen LogP contribution in [0.5, 0.6) is 5.75 Å². The summed E-state index contributed by atoms with van der Waals surface area (Å²) in [5.74, 6) is -32.0. The average molecular weight is 2100 g/mol. The van der Waals surface area contributed by atoms with Crippen molar-refractivity contribution in [3.8, 4) is 5.75 Å². The van der Waals surface area contributed by atoms with Crippen LogP contribution in [0.1, 0.15) is 174 Å². The molecule has 21 amide bonds. The number of hydrogen-bond donors (Lipinski definition) is 31. The number of aromatic nitrogens is 2. The number of carbonyl (C=O) groups excluding carboxylic acids is 21. The number of nitrogens with zero attached hydrogens (tertiary/aromatic N) is 3.